The molecule has 0 saturated carbocycles. The summed E-state index contributed by atoms with van der Waals surface area (Å²) >= 11 is 0. The highest BCUT2D eigenvalue weighted by Gasteiger charge is 2.34. The molecule has 1 fully saturated rings. The fourth-order valence-corrected chi connectivity index (χ4v) is 3.74. The Morgan fingerprint density at radius 2 is 2.08 bits per heavy atom. The number of H-pyrrole nitrogens is 1. The van der Waals surface area contributed by atoms with Crippen LogP contribution in [0.25, 0.3) is 11.0 Å². The first-order chi connectivity index (χ1) is 11.4. The van der Waals surface area contributed by atoms with E-state index in [1.165, 1.54) is 18.4 Å². The molecule has 0 aliphatic carbocycles. The van der Waals surface area contributed by atoms with Gasteiger partial charge in [-0.2, -0.15) is 15.4 Å². The van der Waals surface area contributed by atoms with Crippen LogP contribution >= 0.6 is 0 Å². The highest BCUT2D eigenvalue weighted by Crippen LogP contribution is 2.18. The zero-order chi connectivity index (χ0) is 17.3. The van der Waals surface area contributed by atoms with Crippen molar-refractivity contribution in [3.05, 3.63) is 23.8 Å². The molecule has 1 aliphatic rings. The van der Waals surface area contributed by atoms with Crippen molar-refractivity contribution < 1.29 is 17.9 Å². The molecule has 1 aromatic carbocycles. The summed E-state index contributed by atoms with van der Waals surface area (Å²) in [6.07, 6.45) is 0. The van der Waals surface area contributed by atoms with Gasteiger partial charge in [0, 0.05) is 25.6 Å². The van der Waals surface area contributed by atoms with Gasteiger partial charge in [0.1, 0.15) is 11.0 Å². The standard InChI is InChI=1S/C14H19N5O4S/c1-19(2)24(21,22)8-10-6-23-7-13(10)15-14(20)9-3-4-11-12(5-9)17-18-16-11/h3-5,10,13H,6-8H2,1-2H3,(H,15,20)(H,16,17,18)/t10-,13-/m0/s1. The molecule has 0 spiro atoms. The number of nitrogens with one attached hydrogen (secondary N) is 2. The van der Waals surface area contributed by atoms with Crippen molar-refractivity contribution in [3.8, 4) is 0 Å². The average molecular weight is 353 g/mol. The molecule has 2 atom stereocenters. The van der Waals surface area contributed by atoms with Crippen molar-refractivity contribution in [2.75, 3.05) is 33.1 Å². The van der Waals surface area contributed by atoms with Crippen molar-refractivity contribution in [3.63, 3.8) is 0 Å². The Morgan fingerprint density at radius 1 is 1.33 bits per heavy atom. The summed E-state index contributed by atoms with van der Waals surface area (Å²) in [6, 6.07) is 4.64. The second kappa shape index (κ2) is 6.46. The SMILES string of the molecule is CN(C)S(=O)(=O)C[C@@H]1COC[C@@H]1NC(=O)c1ccc2n[nH]nc2c1. The number of rotatable bonds is 5. The number of carbonyl (C=O) groups excluding carboxylic acids is 1. The highest BCUT2D eigenvalue weighted by molar-refractivity contribution is 7.89. The van der Waals surface area contributed by atoms with Crippen LogP contribution in [0.1, 0.15) is 10.4 Å². The van der Waals surface area contributed by atoms with Gasteiger partial charge in [0.15, 0.2) is 0 Å². The van der Waals surface area contributed by atoms with Crippen LogP contribution in [0, 0.1) is 5.92 Å². The van der Waals surface area contributed by atoms with Gasteiger partial charge in [0.25, 0.3) is 5.91 Å². The Bertz CT molecular complexity index is 848. The third kappa shape index (κ3) is 3.40. The third-order valence-corrected chi connectivity index (χ3v) is 6.04. The van der Waals surface area contributed by atoms with Crippen molar-refractivity contribution in [1.82, 2.24) is 25.0 Å². The minimum Gasteiger partial charge on any atom is -0.379 e. The van der Waals surface area contributed by atoms with Gasteiger partial charge in [0.05, 0.1) is 25.0 Å². The molecule has 1 aliphatic heterocycles. The van der Waals surface area contributed by atoms with E-state index in [0.717, 1.165) is 0 Å². The van der Waals surface area contributed by atoms with Gasteiger partial charge in [-0.1, -0.05) is 0 Å². The van der Waals surface area contributed by atoms with Gasteiger partial charge in [0.2, 0.25) is 10.0 Å². The van der Waals surface area contributed by atoms with Gasteiger partial charge in [-0.25, -0.2) is 12.7 Å². The number of aromatic nitrogens is 3. The predicted molar refractivity (Wildman–Crippen MR) is 86.9 cm³/mol. The number of nitrogens with zero attached hydrogens (tertiary/aromatic N) is 3. The Balaban J connectivity index is 1.70. The van der Waals surface area contributed by atoms with E-state index in [2.05, 4.69) is 20.7 Å². The number of hydrogen-bond donors (Lipinski definition) is 2. The maximum Gasteiger partial charge on any atom is 0.251 e. The van der Waals surface area contributed by atoms with Gasteiger partial charge in [-0.15, -0.1) is 0 Å². The van der Waals surface area contributed by atoms with Crippen molar-refractivity contribution in [2.45, 2.75) is 6.04 Å². The van der Waals surface area contributed by atoms with E-state index in [0.29, 0.717) is 29.8 Å². The lowest BCUT2D eigenvalue weighted by atomic mass is 10.1. The van der Waals surface area contributed by atoms with E-state index >= 15 is 0 Å². The molecule has 0 bridgehead atoms. The highest BCUT2D eigenvalue weighted by atomic mass is 32.2. The lowest BCUT2D eigenvalue weighted by Crippen LogP contribution is -2.43. The maximum absolute atomic E-state index is 12.4. The summed E-state index contributed by atoms with van der Waals surface area (Å²) in [6.45, 7) is 0.603. The Kier molecular flexibility index (Phi) is 4.52. The van der Waals surface area contributed by atoms with E-state index in [1.807, 2.05) is 0 Å². The molecule has 0 unspecified atom stereocenters. The molecule has 1 aromatic heterocycles. The summed E-state index contributed by atoms with van der Waals surface area (Å²) in [5, 5.41) is 13.2. The summed E-state index contributed by atoms with van der Waals surface area (Å²) in [5.74, 6) is -0.632. The van der Waals surface area contributed by atoms with Gasteiger partial charge in [-0.3, -0.25) is 4.79 Å². The van der Waals surface area contributed by atoms with Crippen LogP contribution in [-0.4, -0.2) is 73.1 Å². The molecule has 2 N–H and O–H groups in total. The van der Waals surface area contributed by atoms with E-state index in [4.69, 9.17) is 4.74 Å². The molecule has 0 radical (unpaired) electrons. The molecule has 2 heterocycles. The van der Waals surface area contributed by atoms with Crippen molar-refractivity contribution >= 4 is 27.0 Å². The van der Waals surface area contributed by atoms with Crippen molar-refractivity contribution in [2.24, 2.45) is 5.92 Å². The summed E-state index contributed by atoms with van der Waals surface area (Å²) in [5.41, 5.74) is 1.71. The van der Waals surface area contributed by atoms with Gasteiger partial charge >= 0.3 is 0 Å². The van der Waals surface area contributed by atoms with E-state index < -0.39 is 10.0 Å². The van der Waals surface area contributed by atoms with Crippen LogP contribution < -0.4 is 5.32 Å². The number of hydrogen-bond acceptors (Lipinski definition) is 6. The number of sulfonamides is 1. The zero-order valence-corrected chi connectivity index (χ0v) is 14.2. The molecular weight excluding hydrogens is 334 g/mol. The summed E-state index contributed by atoms with van der Waals surface area (Å²) in [7, 11) is -0.373. The molecule has 1 saturated heterocycles. The normalized spacial score (nSPS) is 21.5. The Morgan fingerprint density at radius 3 is 2.83 bits per heavy atom. The molecule has 1 amide bonds. The van der Waals surface area contributed by atoms with Crippen LogP contribution in [0.15, 0.2) is 18.2 Å². The number of amides is 1. The minimum absolute atomic E-state index is 0.0622. The van der Waals surface area contributed by atoms with Crippen LogP contribution in [0.2, 0.25) is 0 Å². The summed E-state index contributed by atoms with van der Waals surface area (Å²) in [4.78, 5) is 12.4. The summed E-state index contributed by atoms with van der Waals surface area (Å²) < 4.78 is 30.6. The number of carbonyl (C=O) groups is 1. The topological polar surface area (TPSA) is 117 Å². The van der Waals surface area contributed by atoms with Gasteiger partial charge < -0.3 is 10.1 Å². The second-order valence-electron chi connectivity index (χ2n) is 5.97. The molecule has 24 heavy (non-hydrogen) atoms. The quantitative estimate of drug-likeness (QED) is 0.755. The molecular formula is C14H19N5O4S. The van der Waals surface area contributed by atoms with Crippen LogP contribution in [0.5, 0.6) is 0 Å². The van der Waals surface area contributed by atoms with E-state index in [9.17, 15) is 13.2 Å². The van der Waals surface area contributed by atoms with E-state index in [1.54, 1.807) is 18.2 Å². The fraction of sp³-hybridized carbons (Fsp3) is 0.500. The number of aromatic amines is 1. The first kappa shape index (κ1) is 16.8. The minimum atomic E-state index is -3.36. The first-order valence-corrected chi connectivity index (χ1v) is 9.07. The van der Waals surface area contributed by atoms with Crippen LogP contribution in [0.4, 0.5) is 0 Å². The second-order valence-corrected chi connectivity index (χ2v) is 8.19. The maximum atomic E-state index is 12.4. The number of fused-ring (bicyclic) bond motifs is 1. The lowest BCUT2D eigenvalue weighted by Gasteiger charge is -2.21. The first-order valence-electron chi connectivity index (χ1n) is 7.46. The zero-order valence-electron chi connectivity index (χ0n) is 13.4. The average Bonchev–Trinajstić information content (AvgIpc) is 3.15. The Hall–Kier alpha value is -2.04. The van der Waals surface area contributed by atoms with Crippen molar-refractivity contribution in [1.29, 1.82) is 0 Å². The van der Waals surface area contributed by atoms with Gasteiger partial charge in [-0.05, 0) is 18.2 Å². The molecule has 130 valence electrons. The third-order valence-electron chi connectivity index (χ3n) is 4.07. The predicted octanol–water partition coefficient (Wildman–Crippen LogP) is -0.406. The number of benzene rings is 1. The number of ether oxygens (including phenoxy) is 1. The molecule has 10 heteroatoms. The Labute approximate surface area is 139 Å². The lowest BCUT2D eigenvalue weighted by molar-refractivity contribution is 0.0926. The van der Waals surface area contributed by atoms with Crippen LogP contribution in [-0.2, 0) is 14.8 Å². The largest absolute Gasteiger partial charge is 0.379 e. The fourth-order valence-electron chi connectivity index (χ4n) is 2.58. The molecule has 3 rings (SSSR count). The van der Waals surface area contributed by atoms with E-state index in [-0.39, 0.29) is 23.6 Å². The molecule has 2 aromatic rings. The monoisotopic (exact) mass is 353 g/mol. The smallest absolute Gasteiger partial charge is 0.251 e. The molecule has 9 nitrogen and oxygen atoms in total. The van der Waals surface area contributed by atoms with Crippen LogP contribution in [0.3, 0.4) is 0 Å².